The maximum absolute atomic E-state index is 11.2. The first-order valence-corrected chi connectivity index (χ1v) is 11.4. The Hall–Kier alpha value is -2.35. The Labute approximate surface area is 177 Å². The molecule has 1 unspecified atom stereocenters. The quantitative estimate of drug-likeness (QED) is 0.342. The van der Waals surface area contributed by atoms with Gasteiger partial charge >= 0.3 is 5.97 Å². The van der Waals surface area contributed by atoms with E-state index in [4.69, 9.17) is 9.47 Å². The average molecular weight is 430 g/mol. The van der Waals surface area contributed by atoms with Gasteiger partial charge in [-0.3, -0.25) is 0 Å². The van der Waals surface area contributed by atoms with Crippen LogP contribution in [0.4, 0.5) is 0 Å². The Morgan fingerprint density at radius 2 is 1.72 bits per heavy atom. The van der Waals surface area contributed by atoms with E-state index in [-0.39, 0.29) is 0 Å². The fourth-order valence-electron chi connectivity index (χ4n) is 3.49. The van der Waals surface area contributed by atoms with E-state index in [1.165, 1.54) is 20.4 Å². The first-order valence-electron chi connectivity index (χ1n) is 9.66. The van der Waals surface area contributed by atoms with Gasteiger partial charge in [-0.15, -0.1) is 22.7 Å². The number of rotatable bonds is 10. The molecule has 0 saturated carbocycles. The van der Waals surface area contributed by atoms with Crippen molar-refractivity contribution in [1.29, 1.82) is 0 Å². The third-order valence-electron chi connectivity index (χ3n) is 4.85. The van der Waals surface area contributed by atoms with Gasteiger partial charge < -0.3 is 19.1 Å². The number of carboxylic acid groups (broad SMARTS) is 1. The van der Waals surface area contributed by atoms with E-state index >= 15 is 0 Å². The molecule has 0 fully saturated rings. The number of hydrogen-bond donors (Lipinski definition) is 1. The number of aromatic nitrogens is 1. The average Bonchev–Trinajstić information content (AvgIpc) is 3.41. The number of thiophene rings is 2. The molecule has 4 aromatic rings. The van der Waals surface area contributed by atoms with Gasteiger partial charge in [-0.05, 0) is 53.9 Å². The molecular formula is C22H23NO4S2. The van der Waals surface area contributed by atoms with E-state index < -0.39 is 12.1 Å². The van der Waals surface area contributed by atoms with Crippen LogP contribution in [0.3, 0.4) is 0 Å². The zero-order valence-corrected chi connectivity index (χ0v) is 17.8. The maximum Gasteiger partial charge on any atom is 0.333 e. The lowest BCUT2D eigenvalue weighted by Crippen LogP contribution is -2.26. The summed E-state index contributed by atoms with van der Waals surface area (Å²) < 4.78 is 13.6. The molecule has 0 spiro atoms. The van der Waals surface area contributed by atoms with Crippen LogP contribution >= 0.6 is 22.7 Å². The normalized spacial score (nSPS) is 12.6. The number of nitrogens with zero attached hydrogens (tertiary/aromatic N) is 1. The molecule has 29 heavy (non-hydrogen) atoms. The number of carbonyl (C=O) groups is 1. The van der Waals surface area contributed by atoms with Gasteiger partial charge in [-0.2, -0.15) is 0 Å². The van der Waals surface area contributed by atoms with Crippen molar-refractivity contribution < 1.29 is 19.4 Å². The van der Waals surface area contributed by atoms with Crippen molar-refractivity contribution >= 4 is 49.1 Å². The number of carboxylic acids is 1. The monoisotopic (exact) mass is 429 g/mol. The van der Waals surface area contributed by atoms with E-state index in [9.17, 15) is 9.90 Å². The van der Waals surface area contributed by atoms with Gasteiger partial charge in [0, 0.05) is 30.3 Å². The van der Waals surface area contributed by atoms with Crippen molar-refractivity contribution in [2.75, 3.05) is 13.2 Å². The van der Waals surface area contributed by atoms with Gasteiger partial charge in [-0.25, -0.2) is 4.79 Å². The molecule has 0 aliphatic heterocycles. The van der Waals surface area contributed by atoms with Crippen LogP contribution < -0.4 is 4.74 Å². The second-order valence-electron chi connectivity index (χ2n) is 6.76. The highest BCUT2D eigenvalue weighted by atomic mass is 32.1. The molecule has 0 amide bonds. The van der Waals surface area contributed by atoms with Crippen molar-refractivity contribution in [3.05, 3.63) is 52.7 Å². The SMILES string of the molecule is CCOC(Cc1ccc(OCCCn2c3sccc3c3ccsc32)cc1)C(=O)O. The Morgan fingerprint density at radius 3 is 2.31 bits per heavy atom. The molecule has 1 aromatic carbocycles. The molecule has 3 heterocycles. The summed E-state index contributed by atoms with van der Waals surface area (Å²) in [6.07, 6.45) is 0.462. The Morgan fingerprint density at radius 1 is 1.07 bits per heavy atom. The molecule has 3 aromatic heterocycles. The highest BCUT2D eigenvalue weighted by Crippen LogP contribution is 2.35. The molecule has 0 bridgehead atoms. The number of benzene rings is 1. The minimum Gasteiger partial charge on any atom is -0.494 e. The minimum absolute atomic E-state index is 0.352. The predicted molar refractivity (Wildman–Crippen MR) is 119 cm³/mol. The van der Waals surface area contributed by atoms with Crippen LogP contribution in [0.1, 0.15) is 18.9 Å². The third kappa shape index (κ3) is 4.32. The van der Waals surface area contributed by atoms with Crippen LogP contribution in [0.25, 0.3) is 20.4 Å². The molecule has 1 N–H and O–H groups in total. The minimum atomic E-state index is -0.933. The number of ether oxygens (including phenoxy) is 2. The Balaban J connectivity index is 1.31. The second-order valence-corrected chi connectivity index (χ2v) is 8.55. The van der Waals surface area contributed by atoms with Gasteiger partial charge in [-0.1, -0.05) is 12.1 Å². The first-order chi connectivity index (χ1) is 14.2. The molecule has 0 saturated heterocycles. The highest BCUT2D eigenvalue weighted by molar-refractivity contribution is 7.19. The zero-order chi connectivity index (χ0) is 20.2. The summed E-state index contributed by atoms with van der Waals surface area (Å²) in [5, 5.41) is 16.2. The molecule has 0 aliphatic rings. The van der Waals surface area contributed by atoms with E-state index in [2.05, 4.69) is 27.5 Å². The molecule has 5 nitrogen and oxygen atoms in total. The van der Waals surface area contributed by atoms with Gasteiger partial charge in [0.1, 0.15) is 15.4 Å². The predicted octanol–water partition coefficient (Wildman–Crippen LogP) is 5.42. The lowest BCUT2D eigenvalue weighted by Gasteiger charge is -2.13. The van der Waals surface area contributed by atoms with Crippen LogP contribution in [-0.2, 0) is 22.5 Å². The molecule has 4 rings (SSSR count). The maximum atomic E-state index is 11.2. The molecule has 0 aliphatic carbocycles. The van der Waals surface area contributed by atoms with Crippen molar-refractivity contribution in [3.63, 3.8) is 0 Å². The lowest BCUT2D eigenvalue weighted by molar-refractivity contribution is -0.149. The summed E-state index contributed by atoms with van der Waals surface area (Å²) in [5.41, 5.74) is 0.922. The van der Waals surface area contributed by atoms with Crippen LogP contribution in [-0.4, -0.2) is 35.0 Å². The standard InChI is InChI=1S/C22H23NO4S2/c1-2-26-19(22(24)25)14-15-4-6-16(7-5-15)27-11-3-10-23-20-17(8-12-28-20)18-9-13-29-21(18)23/h4-9,12-13,19H,2-3,10-11,14H2,1H3,(H,24,25). The Bertz CT molecular complexity index is 1050. The fourth-order valence-corrected chi connectivity index (χ4v) is 5.45. The van der Waals surface area contributed by atoms with Gasteiger partial charge in [0.2, 0.25) is 0 Å². The number of aliphatic carboxylic acids is 1. The van der Waals surface area contributed by atoms with E-state index in [0.717, 1.165) is 24.3 Å². The van der Waals surface area contributed by atoms with Crippen LogP contribution in [0.2, 0.25) is 0 Å². The van der Waals surface area contributed by atoms with E-state index in [0.29, 0.717) is 19.6 Å². The smallest absolute Gasteiger partial charge is 0.333 e. The lowest BCUT2D eigenvalue weighted by atomic mass is 10.1. The highest BCUT2D eigenvalue weighted by Gasteiger charge is 2.18. The summed E-state index contributed by atoms with van der Waals surface area (Å²) in [5.74, 6) is -0.135. The molecule has 0 radical (unpaired) electrons. The summed E-state index contributed by atoms with van der Waals surface area (Å²) in [4.78, 5) is 13.9. The summed E-state index contributed by atoms with van der Waals surface area (Å²) in [6, 6.07) is 12.0. The summed E-state index contributed by atoms with van der Waals surface area (Å²) in [7, 11) is 0. The number of fused-ring (bicyclic) bond motifs is 3. The van der Waals surface area contributed by atoms with Crippen molar-refractivity contribution in [2.24, 2.45) is 0 Å². The van der Waals surface area contributed by atoms with Gasteiger partial charge in [0.15, 0.2) is 6.10 Å². The fraction of sp³-hybridized carbons (Fsp3) is 0.318. The number of hydrogen-bond acceptors (Lipinski definition) is 5. The number of aryl methyl sites for hydroxylation is 1. The third-order valence-corrected chi connectivity index (χ3v) is 6.72. The molecule has 7 heteroatoms. The van der Waals surface area contributed by atoms with Crippen molar-refractivity contribution in [1.82, 2.24) is 4.57 Å². The van der Waals surface area contributed by atoms with Crippen LogP contribution in [0, 0.1) is 0 Å². The first kappa shape index (κ1) is 19.9. The summed E-state index contributed by atoms with van der Waals surface area (Å²) in [6.45, 7) is 3.74. The van der Waals surface area contributed by atoms with Crippen molar-refractivity contribution in [2.45, 2.75) is 32.4 Å². The molecule has 152 valence electrons. The topological polar surface area (TPSA) is 60.7 Å². The zero-order valence-electron chi connectivity index (χ0n) is 16.2. The Kier molecular flexibility index (Phi) is 6.18. The van der Waals surface area contributed by atoms with E-state index in [1.807, 2.05) is 24.3 Å². The van der Waals surface area contributed by atoms with Crippen LogP contribution in [0.15, 0.2) is 47.2 Å². The van der Waals surface area contributed by atoms with Crippen molar-refractivity contribution in [3.8, 4) is 5.75 Å². The second kappa shape index (κ2) is 8.98. The molecule has 1 atom stereocenters. The molecular weight excluding hydrogens is 406 g/mol. The van der Waals surface area contributed by atoms with Gasteiger partial charge in [0.25, 0.3) is 0 Å². The van der Waals surface area contributed by atoms with Crippen LogP contribution in [0.5, 0.6) is 5.75 Å². The largest absolute Gasteiger partial charge is 0.494 e. The summed E-state index contributed by atoms with van der Waals surface area (Å²) >= 11 is 3.57. The van der Waals surface area contributed by atoms with Gasteiger partial charge in [0.05, 0.1) is 6.61 Å². The van der Waals surface area contributed by atoms with E-state index in [1.54, 1.807) is 29.6 Å².